The number of carboxylic acid groups (broad SMARTS) is 1. The molecule has 0 amide bonds. The number of fused-ring (bicyclic) bond motifs is 1. The lowest BCUT2D eigenvalue weighted by molar-refractivity contribution is -0.135. The zero-order chi connectivity index (χ0) is 10.8. The summed E-state index contributed by atoms with van der Waals surface area (Å²) in [5.41, 5.74) is 0. The van der Waals surface area contributed by atoms with Crippen molar-refractivity contribution in [2.24, 2.45) is 0 Å². The number of aliphatic carboxylic acids is 1. The average Bonchev–Trinajstić information content (AvgIpc) is 2.59. The summed E-state index contributed by atoms with van der Waals surface area (Å²) in [6, 6.07) is 7.80. The first-order valence-corrected chi connectivity index (χ1v) is 5.23. The zero-order valence-corrected chi connectivity index (χ0v) is 8.99. The molecule has 2 aromatic rings. The average molecular weight is 222 g/mol. The van der Waals surface area contributed by atoms with E-state index in [1.165, 1.54) is 11.5 Å². The van der Waals surface area contributed by atoms with Gasteiger partial charge in [0.05, 0.1) is 4.70 Å². The summed E-state index contributed by atoms with van der Waals surface area (Å²) in [6.07, 6.45) is 0. The highest BCUT2D eigenvalue weighted by atomic mass is 32.1. The first-order valence-electron chi connectivity index (χ1n) is 4.46. The van der Waals surface area contributed by atoms with Gasteiger partial charge >= 0.3 is 5.97 Å². The van der Waals surface area contributed by atoms with Gasteiger partial charge in [0.15, 0.2) is 0 Å². The Hall–Kier alpha value is -1.62. The number of benzene rings is 1. The Morgan fingerprint density at radius 2 is 2.27 bits per heavy atom. The van der Waals surface area contributed by atoms with E-state index in [1.54, 1.807) is 11.9 Å². The van der Waals surface area contributed by atoms with Crippen LogP contribution in [0.25, 0.3) is 10.1 Å². The van der Waals surface area contributed by atoms with Crippen LogP contribution in [0.2, 0.25) is 0 Å². The van der Waals surface area contributed by atoms with Crippen LogP contribution in [0.4, 0.5) is 5.82 Å². The van der Waals surface area contributed by atoms with Gasteiger partial charge in [0.2, 0.25) is 0 Å². The lowest BCUT2D eigenvalue weighted by Gasteiger charge is -2.13. The van der Waals surface area contributed by atoms with Crippen LogP contribution in [0.1, 0.15) is 0 Å². The number of likely N-dealkylation sites (N-methyl/N-ethyl adjacent to an activating group) is 1. The van der Waals surface area contributed by atoms with E-state index in [9.17, 15) is 4.79 Å². The van der Waals surface area contributed by atoms with Gasteiger partial charge in [-0.3, -0.25) is 4.79 Å². The summed E-state index contributed by atoms with van der Waals surface area (Å²) in [7, 11) is 1.73. The molecule has 0 unspecified atom stereocenters. The van der Waals surface area contributed by atoms with Crippen LogP contribution in [-0.2, 0) is 4.79 Å². The molecule has 0 aliphatic heterocycles. The predicted molar refractivity (Wildman–Crippen MR) is 60.5 cm³/mol. The molecular weight excluding hydrogens is 212 g/mol. The lowest BCUT2D eigenvalue weighted by Crippen LogP contribution is -2.25. The van der Waals surface area contributed by atoms with E-state index in [0.717, 1.165) is 15.9 Å². The summed E-state index contributed by atoms with van der Waals surface area (Å²) in [4.78, 5) is 12.2. The standard InChI is InChI=1S/C10H10N2O2S/c1-12(6-9(13)14)10-7-4-2-3-5-8(7)15-11-10/h2-5H,6H2,1H3,(H,13,14). The van der Waals surface area contributed by atoms with Crippen molar-refractivity contribution in [1.29, 1.82) is 0 Å². The molecule has 1 N–H and O–H groups in total. The molecule has 0 aliphatic carbocycles. The van der Waals surface area contributed by atoms with Gasteiger partial charge in [0.25, 0.3) is 0 Å². The fraction of sp³-hybridized carbons (Fsp3) is 0.200. The van der Waals surface area contributed by atoms with Crippen molar-refractivity contribution in [3.05, 3.63) is 24.3 Å². The molecule has 15 heavy (non-hydrogen) atoms. The van der Waals surface area contributed by atoms with Gasteiger partial charge in [-0.2, -0.15) is 4.37 Å². The summed E-state index contributed by atoms with van der Waals surface area (Å²) < 4.78 is 5.33. The Balaban J connectivity index is 2.39. The van der Waals surface area contributed by atoms with Gasteiger partial charge in [-0.05, 0) is 23.7 Å². The fourth-order valence-corrected chi connectivity index (χ4v) is 2.25. The lowest BCUT2D eigenvalue weighted by atomic mass is 10.2. The smallest absolute Gasteiger partial charge is 0.323 e. The molecule has 78 valence electrons. The highest BCUT2D eigenvalue weighted by molar-refractivity contribution is 7.13. The first-order chi connectivity index (χ1) is 7.18. The van der Waals surface area contributed by atoms with Gasteiger partial charge in [0, 0.05) is 12.4 Å². The van der Waals surface area contributed by atoms with Gasteiger partial charge in [-0.25, -0.2) is 0 Å². The molecule has 5 heteroatoms. The van der Waals surface area contributed by atoms with Crippen LogP contribution in [0.15, 0.2) is 24.3 Å². The molecule has 0 atom stereocenters. The van der Waals surface area contributed by atoms with Crippen LogP contribution in [0.3, 0.4) is 0 Å². The summed E-state index contributed by atoms with van der Waals surface area (Å²) in [6.45, 7) is -0.0340. The quantitative estimate of drug-likeness (QED) is 0.860. The van der Waals surface area contributed by atoms with Crippen LogP contribution in [0, 0.1) is 0 Å². The maximum Gasteiger partial charge on any atom is 0.323 e. The molecule has 0 saturated heterocycles. The van der Waals surface area contributed by atoms with Gasteiger partial charge in [-0.15, -0.1) is 0 Å². The van der Waals surface area contributed by atoms with Gasteiger partial charge < -0.3 is 10.0 Å². The number of rotatable bonds is 3. The van der Waals surface area contributed by atoms with Crippen molar-refractivity contribution >= 4 is 33.4 Å². The number of carbonyl (C=O) groups is 1. The van der Waals surface area contributed by atoms with Gasteiger partial charge in [-0.1, -0.05) is 12.1 Å². The van der Waals surface area contributed by atoms with Gasteiger partial charge in [0.1, 0.15) is 12.4 Å². The highest BCUT2D eigenvalue weighted by Gasteiger charge is 2.12. The number of hydrogen-bond acceptors (Lipinski definition) is 4. The summed E-state index contributed by atoms with van der Waals surface area (Å²) in [5.74, 6) is -0.118. The summed E-state index contributed by atoms with van der Waals surface area (Å²) >= 11 is 1.38. The van der Waals surface area contributed by atoms with E-state index in [4.69, 9.17) is 5.11 Å². The molecule has 0 fully saturated rings. The minimum atomic E-state index is -0.852. The summed E-state index contributed by atoms with van der Waals surface area (Å²) in [5, 5.41) is 9.69. The fourth-order valence-electron chi connectivity index (χ4n) is 1.43. The Kier molecular flexibility index (Phi) is 2.55. The maximum atomic E-state index is 10.6. The van der Waals surface area contributed by atoms with E-state index < -0.39 is 5.97 Å². The predicted octanol–water partition coefficient (Wildman–Crippen LogP) is 1.82. The van der Waals surface area contributed by atoms with E-state index in [2.05, 4.69) is 4.37 Å². The topological polar surface area (TPSA) is 53.4 Å². The highest BCUT2D eigenvalue weighted by Crippen LogP contribution is 2.28. The second kappa shape index (κ2) is 3.86. The molecule has 0 spiro atoms. The first kappa shape index (κ1) is 9.92. The van der Waals surface area contributed by atoms with Crippen molar-refractivity contribution in [2.45, 2.75) is 0 Å². The second-order valence-electron chi connectivity index (χ2n) is 3.25. The third-order valence-electron chi connectivity index (χ3n) is 2.09. The largest absolute Gasteiger partial charge is 0.480 e. The Bertz CT molecular complexity index is 495. The number of anilines is 1. The van der Waals surface area contributed by atoms with Crippen molar-refractivity contribution in [2.75, 3.05) is 18.5 Å². The van der Waals surface area contributed by atoms with Crippen molar-refractivity contribution in [3.8, 4) is 0 Å². The minimum absolute atomic E-state index is 0.0340. The Morgan fingerprint density at radius 1 is 1.53 bits per heavy atom. The Morgan fingerprint density at radius 3 is 3.00 bits per heavy atom. The molecule has 0 saturated carbocycles. The monoisotopic (exact) mass is 222 g/mol. The third-order valence-corrected chi connectivity index (χ3v) is 2.91. The second-order valence-corrected chi connectivity index (χ2v) is 4.06. The van der Waals surface area contributed by atoms with Crippen LogP contribution in [-0.4, -0.2) is 29.0 Å². The SMILES string of the molecule is CN(CC(=O)O)c1nsc2ccccc12. The van der Waals surface area contributed by atoms with Crippen LogP contribution in [0.5, 0.6) is 0 Å². The van der Waals surface area contributed by atoms with Crippen LogP contribution >= 0.6 is 11.5 Å². The van der Waals surface area contributed by atoms with E-state index in [0.29, 0.717) is 0 Å². The van der Waals surface area contributed by atoms with Crippen molar-refractivity contribution in [1.82, 2.24) is 4.37 Å². The number of carboxylic acids is 1. The van der Waals surface area contributed by atoms with Crippen molar-refractivity contribution < 1.29 is 9.90 Å². The van der Waals surface area contributed by atoms with E-state index in [-0.39, 0.29) is 6.54 Å². The number of nitrogens with zero attached hydrogens (tertiary/aromatic N) is 2. The van der Waals surface area contributed by atoms with Crippen molar-refractivity contribution in [3.63, 3.8) is 0 Å². The molecular formula is C10H10N2O2S. The minimum Gasteiger partial charge on any atom is -0.480 e. The normalized spacial score (nSPS) is 10.5. The molecule has 0 radical (unpaired) electrons. The number of aromatic nitrogens is 1. The maximum absolute atomic E-state index is 10.6. The number of hydrogen-bond donors (Lipinski definition) is 1. The molecule has 0 aliphatic rings. The molecule has 1 heterocycles. The molecule has 2 rings (SSSR count). The third kappa shape index (κ3) is 1.92. The molecule has 4 nitrogen and oxygen atoms in total. The van der Waals surface area contributed by atoms with E-state index >= 15 is 0 Å². The van der Waals surface area contributed by atoms with E-state index in [1.807, 2.05) is 24.3 Å². The molecule has 1 aromatic carbocycles. The molecule has 0 bridgehead atoms. The van der Waals surface area contributed by atoms with Crippen LogP contribution < -0.4 is 4.90 Å². The Labute approximate surface area is 90.9 Å². The zero-order valence-electron chi connectivity index (χ0n) is 8.17. The molecule has 1 aromatic heterocycles.